The molecule has 1 aromatic rings. The van der Waals surface area contributed by atoms with Gasteiger partial charge in [-0.3, -0.25) is 0 Å². The maximum absolute atomic E-state index is 5.60. The minimum atomic E-state index is 0.730. The van der Waals surface area contributed by atoms with Crippen LogP contribution in [0.25, 0.3) is 0 Å². The van der Waals surface area contributed by atoms with Gasteiger partial charge in [-0.15, -0.1) is 0 Å². The Hall–Kier alpha value is -1.42. The van der Waals surface area contributed by atoms with Crippen LogP contribution in [0.4, 0.5) is 5.69 Å². The van der Waals surface area contributed by atoms with Crippen LogP contribution in [0.3, 0.4) is 0 Å². The molecule has 1 rings (SSSR count). The Kier molecular flexibility index (Phi) is 7.98. The smallest absolute Gasteiger partial charge is 0.112 e. The van der Waals surface area contributed by atoms with Gasteiger partial charge in [-0.05, 0) is 39.8 Å². The van der Waals surface area contributed by atoms with Crippen molar-refractivity contribution in [2.24, 2.45) is 4.99 Å². The third-order valence-corrected chi connectivity index (χ3v) is 3.97. The van der Waals surface area contributed by atoms with E-state index in [-0.39, 0.29) is 0 Å². The SMILES string of the molecule is CCN(CC)C(=S)CC(=Nc1ccccc1)N(CC)CC. The van der Waals surface area contributed by atoms with E-state index in [0.29, 0.717) is 0 Å². The van der Waals surface area contributed by atoms with Gasteiger partial charge in [-0.25, -0.2) is 4.99 Å². The summed E-state index contributed by atoms with van der Waals surface area (Å²) < 4.78 is 0. The van der Waals surface area contributed by atoms with Crippen molar-refractivity contribution in [1.29, 1.82) is 0 Å². The van der Waals surface area contributed by atoms with Gasteiger partial charge < -0.3 is 9.80 Å². The minimum Gasteiger partial charge on any atom is -0.366 e. The van der Waals surface area contributed by atoms with Gasteiger partial charge in [-0.1, -0.05) is 30.4 Å². The predicted molar refractivity (Wildman–Crippen MR) is 96.6 cm³/mol. The number of thiocarbonyl (C=S) groups is 1. The molecule has 0 N–H and O–H groups in total. The van der Waals surface area contributed by atoms with E-state index in [1.807, 2.05) is 30.3 Å². The number of para-hydroxylation sites is 1. The molecule has 0 unspecified atom stereocenters. The number of amidine groups is 1. The second-order valence-corrected chi connectivity index (χ2v) is 5.25. The molecule has 116 valence electrons. The zero-order chi connectivity index (χ0) is 15.7. The summed E-state index contributed by atoms with van der Waals surface area (Å²) in [6.45, 7) is 12.4. The van der Waals surface area contributed by atoms with Crippen molar-refractivity contribution in [2.45, 2.75) is 34.1 Å². The first-order valence-electron chi connectivity index (χ1n) is 7.81. The van der Waals surface area contributed by atoms with Crippen molar-refractivity contribution in [3.05, 3.63) is 30.3 Å². The number of nitrogens with zero attached hydrogens (tertiary/aromatic N) is 3. The molecule has 4 heteroatoms. The Balaban J connectivity index is 2.98. The molecule has 0 spiro atoms. The number of benzene rings is 1. The van der Waals surface area contributed by atoms with Crippen molar-refractivity contribution in [2.75, 3.05) is 26.2 Å². The highest BCUT2D eigenvalue weighted by molar-refractivity contribution is 7.80. The summed E-state index contributed by atoms with van der Waals surface area (Å²) in [6.07, 6.45) is 0.730. The molecule has 3 nitrogen and oxygen atoms in total. The second-order valence-electron chi connectivity index (χ2n) is 4.78. The zero-order valence-electron chi connectivity index (χ0n) is 13.7. The molecule has 0 saturated heterocycles. The largest absolute Gasteiger partial charge is 0.366 e. The molecule has 0 aliphatic carbocycles. The van der Waals surface area contributed by atoms with E-state index in [1.165, 1.54) is 0 Å². The van der Waals surface area contributed by atoms with Gasteiger partial charge in [-0.2, -0.15) is 0 Å². The molecule has 0 radical (unpaired) electrons. The standard InChI is InChI=1S/C17H27N3S/c1-5-19(6-2)16(14-17(21)20(7-3)8-4)18-15-12-10-9-11-13-15/h9-13H,5-8,14H2,1-4H3. The lowest BCUT2D eigenvalue weighted by Gasteiger charge is -2.27. The van der Waals surface area contributed by atoms with Crippen molar-refractivity contribution in [3.63, 3.8) is 0 Å². The van der Waals surface area contributed by atoms with E-state index in [9.17, 15) is 0 Å². The second kappa shape index (κ2) is 9.50. The fraction of sp³-hybridized carbons (Fsp3) is 0.529. The van der Waals surface area contributed by atoms with E-state index in [1.54, 1.807) is 0 Å². The van der Waals surface area contributed by atoms with E-state index in [2.05, 4.69) is 37.5 Å². The van der Waals surface area contributed by atoms with Crippen LogP contribution in [0.5, 0.6) is 0 Å². The highest BCUT2D eigenvalue weighted by Crippen LogP contribution is 2.14. The average molecular weight is 305 g/mol. The molecular formula is C17H27N3S. The molecule has 0 aromatic heterocycles. The molecule has 0 fully saturated rings. The van der Waals surface area contributed by atoms with Crippen molar-refractivity contribution < 1.29 is 0 Å². The van der Waals surface area contributed by atoms with Crippen LogP contribution < -0.4 is 0 Å². The summed E-state index contributed by atoms with van der Waals surface area (Å²) in [5.74, 6) is 1.06. The molecule has 1 aromatic carbocycles. The Bertz CT molecular complexity index is 448. The monoisotopic (exact) mass is 305 g/mol. The van der Waals surface area contributed by atoms with Gasteiger partial charge in [0.15, 0.2) is 0 Å². The lowest BCUT2D eigenvalue weighted by atomic mass is 10.2. The average Bonchev–Trinajstić information content (AvgIpc) is 2.50. The molecule has 21 heavy (non-hydrogen) atoms. The summed E-state index contributed by atoms with van der Waals surface area (Å²) in [5.41, 5.74) is 0.988. The highest BCUT2D eigenvalue weighted by Gasteiger charge is 2.14. The minimum absolute atomic E-state index is 0.730. The normalized spacial score (nSPS) is 11.3. The van der Waals surface area contributed by atoms with Gasteiger partial charge in [0.25, 0.3) is 0 Å². The van der Waals surface area contributed by atoms with Crippen LogP contribution in [0, 0.1) is 0 Å². The lowest BCUT2D eigenvalue weighted by Crippen LogP contribution is -2.37. The topological polar surface area (TPSA) is 18.8 Å². The van der Waals surface area contributed by atoms with Gasteiger partial charge in [0.2, 0.25) is 0 Å². The van der Waals surface area contributed by atoms with Crippen LogP contribution in [-0.4, -0.2) is 46.8 Å². The quantitative estimate of drug-likeness (QED) is 0.429. The molecule has 0 aliphatic heterocycles. The fourth-order valence-electron chi connectivity index (χ4n) is 2.29. The van der Waals surface area contributed by atoms with E-state index in [0.717, 1.165) is 49.1 Å². The van der Waals surface area contributed by atoms with Crippen molar-refractivity contribution >= 4 is 28.7 Å². The molecule has 0 bridgehead atoms. The summed E-state index contributed by atoms with van der Waals surface area (Å²) in [7, 11) is 0. The molecule has 0 aliphatic rings. The Morgan fingerprint density at radius 2 is 1.43 bits per heavy atom. The maximum Gasteiger partial charge on any atom is 0.112 e. The van der Waals surface area contributed by atoms with Crippen molar-refractivity contribution in [1.82, 2.24) is 9.80 Å². The maximum atomic E-state index is 5.60. The van der Waals surface area contributed by atoms with Crippen LogP contribution in [0.2, 0.25) is 0 Å². The fourth-order valence-corrected chi connectivity index (χ4v) is 2.67. The molecule has 0 amide bonds. The van der Waals surface area contributed by atoms with E-state index in [4.69, 9.17) is 17.2 Å². The third kappa shape index (κ3) is 5.46. The number of hydrogen-bond acceptors (Lipinski definition) is 2. The first-order valence-corrected chi connectivity index (χ1v) is 8.22. The summed E-state index contributed by atoms with van der Waals surface area (Å²) >= 11 is 5.60. The number of hydrogen-bond donors (Lipinski definition) is 0. The van der Waals surface area contributed by atoms with Crippen molar-refractivity contribution in [3.8, 4) is 0 Å². The Morgan fingerprint density at radius 3 is 1.90 bits per heavy atom. The summed E-state index contributed by atoms with van der Waals surface area (Å²) in [6, 6.07) is 10.1. The van der Waals surface area contributed by atoms with Crippen LogP contribution in [-0.2, 0) is 0 Å². The van der Waals surface area contributed by atoms with Gasteiger partial charge in [0, 0.05) is 26.2 Å². The lowest BCUT2D eigenvalue weighted by molar-refractivity contribution is 0.447. The molecule has 0 heterocycles. The third-order valence-electron chi connectivity index (χ3n) is 3.57. The summed E-state index contributed by atoms with van der Waals surface area (Å²) in [4.78, 5) is 10.3. The highest BCUT2D eigenvalue weighted by atomic mass is 32.1. The number of aliphatic imine (C=N–C) groups is 1. The van der Waals surface area contributed by atoms with Gasteiger partial charge >= 0.3 is 0 Å². The predicted octanol–water partition coefficient (Wildman–Crippen LogP) is 4.12. The zero-order valence-corrected chi connectivity index (χ0v) is 14.5. The van der Waals surface area contributed by atoms with Gasteiger partial charge in [0.05, 0.1) is 17.1 Å². The van der Waals surface area contributed by atoms with Crippen LogP contribution in [0.1, 0.15) is 34.1 Å². The van der Waals surface area contributed by atoms with Gasteiger partial charge in [0.1, 0.15) is 5.84 Å². The number of rotatable bonds is 7. The van der Waals surface area contributed by atoms with Crippen LogP contribution >= 0.6 is 12.2 Å². The first kappa shape index (κ1) is 17.6. The Labute approximate surface area is 134 Å². The van der Waals surface area contributed by atoms with E-state index < -0.39 is 0 Å². The molecular weight excluding hydrogens is 278 g/mol. The molecule has 0 atom stereocenters. The first-order chi connectivity index (χ1) is 10.2. The Morgan fingerprint density at radius 1 is 0.905 bits per heavy atom. The van der Waals surface area contributed by atoms with Crippen LogP contribution in [0.15, 0.2) is 35.3 Å². The molecule has 0 saturated carbocycles. The van der Waals surface area contributed by atoms with E-state index >= 15 is 0 Å². The summed E-state index contributed by atoms with van der Waals surface area (Å²) in [5, 5.41) is 0.